The smallest absolute Gasteiger partial charge is 0.214 e. The number of hydrogen-bond donors (Lipinski definition) is 0. The molecule has 0 fully saturated rings. The Morgan fingerprint density at radius 3 is 2.71 bits per heavy atom. The molecule has 0 N–H and O–H groups in total. The highest BCUT2D eigenvalue weighted by molar-refractivity contribution is 6.07. The molecule has 0 saturated heterocycles. The highest BCUT2D eigenvalue weighted by Gasteiger charge is 2.17. The minimum atomic E-state index is -1.16. The van der Waals surface area contributed by atoms with Gasteiger partial charge in [0.1, 0.15) is 11.5 Å². The van der Waals surface area contributed by atoms with Crippen molar-refractivity contribution < 1.29 is 13.6 Å². The van der Waals surface area contributed by atoms with Crippen LogP contribution in [0.2, 0.25) is 0 Å². The molecule has 2 rings (SSSR count). The monoisotopic (exact) mass is 234 g/mol. The lowest BCUT2D eigenvalue weighted by Gasteiger charge is -2.02. The molecule has 2 aromatic rings. The third-order valence-electron chi connectivity index (χ3n) is 2.20. The van der Waals surface area contributed by atoms with E-state index < -0.39 is 17.4 Å². The van der Waals surface area contributed by atoms with Crippen molar-refractivity contribution in [3.05, 3.63) is 59.2 Å². The fraction of sp³-hybridized carbons (Fsp3) is 0.0833. The normalized spacial score (nSPS) is 10.3. The van der Waals surface area contributed by atoms with Crippen LogP contribution in [0.3, 0.4) is 0 Å². The van der Waals surface area contributed by atoms with Crippen molar-refractivity contribution in [2.24, 2.45) is 0 Å². The second kappa shape index (κ2) is 4.37. The lowest BCUT2D eigenvalue weighted by molar-refractivity contribution is 0.102. The Labute approximate surface area is 96.2 Å². The van der Waals surface area contributed by atoms with Crippen LogP contribution in [0.25, 0.3) is 0 Å². The van der Waals surface area contributed by atoms with Gasteiger partial charge < -0.3 is 0 Å². The van der Waals surface area contributed by atoms with Gasteiger partial charge in [0.2, 0.25) is 5.78 Å². The maximum absolute atomic E-state index is 13.4. The number of rotatable bonds is 2. The molecule has 0 spiro atoms. The Balaban J connectivity index is 2.48. The SMILES string of the molecule is Cc1nccc(C(=O)c2cccc(F)c2F)n1. The van der Waals surface area contributed by atoms with Gasteiger partial charge in [-0.15, -0.1) is 0 Å². The van der Waals surface area contributed by atoms with Crippen molar-refractivity contribution in [3.8, 4) is 0 Å². The Morgan fingerprint density at radius 1 is 1.24 bits per heavy atom. The van der Waals surface area contributed by atoms with Gasteiger partial charge in [0.15, 0.2) is 11.6 Å². The molecule has 0 radical (unpaired) electrons. The van der Waals surface area contributed by atoms with E-state index in [1.165, 1.54) is 24.4 Å². The molecular weight excluding hydrogens is 226 g/mol. The fourth-order valence-electron chi connectivity index (χ4n) is 1.40. The van der Waals surface area contributed by atoms with E-state index in [4.69, 9.17) is 0 Å². The Hall–Kier alpha value is -2.17. The van der Waals surface area contributed by atoms with E-state index in [0.717, 1.165) is 6.07 Å². The largest absolute Gasteiger partial charge is 0.287 e. The molecule has 1 heterocycles. The lowest BCUT2D eigenvalue weighted by Crippen LogP contribution is -2.08. The number of halogens is 2. The number of hydrogen-bond acceptors (Lipinski definition) is 3. The molecule has 1 aromatic carbocycles. The van der Waals surface area contributed by atoms with Crippen molar-refractivity contribution in [2.75, 3.05) is 0 Å². The Kier molecular flexibility index (Phi) is 2.91. The molecule has 0 saturated carbocycles. The molecule has 0 atom stereocenters. The van der Waals surface area contributed by atoms with E-state index in [1.54, 1.807) is 6.92 Å². The minimum absolute atomic E-state index is 0.0435. The maximum Gasteiger partial charge on any atom is 0.214 e. The Morgan fingerprint density at radius 2 is 2.00 bits per heavy atom. The van der Waals surface area contributed by atoms with Crippen LogP contribution < -0.4 is 0 Å². The van der Waals surface area contributed by atoms with E-state index in [1.807, 2.05) is 0 Å². The second-order valence-corrected chi connectivity index (χ2v) is 3.42. The van der Waals surface area contributed by atoms with Gasteiger partial charge in [-0.25, -0.2) is 18.7 Å². The molecule has 1 aromatic heterocycles. The molecule has 0 bridgehead atoms. The zero-order valence-electron chi connectivity index (χ0n) is 8.95. The number of aromatic nitrogens is 2. The van der Waals surface area contributed by atoms with Crippen LogP contribution in [0.15, 0.2) is 30.5 Å². The summed E-state index contributed by atoms with van der Waals surface area (Å²) in [5.41, 5.74) is -0.287. The van der Waals surface area contributed by atoms with Crippen LogP contribution >= 0.6 is 0 Å². The topological polar surface area (TPSA) is 42.9 Å². The van der Waals surface area contributed by atoms with Gasteiger partial charge in [-0.3, -0.25) is 4.79 Å². The van der Waals surface area contributed by atoms with Crippen LogP contribution in [0.1, 0.15) is 21.9 Å². The number of carbonyl (C=O) groups is 1. The Bertz CT molecular complexity index is 584. The van der Waals surface area contributed by atoms with Crippen LogP contribution in [-0.4, -0.2) is 15.8 Å². The molecule has 0 unspecified atom stereocenters. The first kappa shape index (κ1) is 11.3. The van der Waals surface area contributed by atoms with E-state index in [0.29, 0.717) is 5.82 Å². The van der Waals surface area contributed by atoms with Crippen molar-refractivity contribution in [1.82, 2.24) is 9.97 Å². The molecular formula is C12H8F2N2O. The average molecular weight is 234 g/mol. The van der Waals surface area contributed by atoms with Gasteiger partial charge >= 0.3 is 0 Å². The molecule has 0 aliphatic heterocycles. The van der Waals surface area contributed by atoms with Gasteiger partial charge in [-0.1, -0.05) is 6.07 Å². The summed E-state index contributed by atoms with van der Waals surface area (Å²) in [5.74, 6) is -2.48. The molecule has 17 heavy (non-hydrogen) atoms. The van der Waals surface area contributed by atoms with Crippen LogP contribution in [0.5, 0.6) is 0 Å². The van der Waals surface area contributed by atoms with E-state index in [2.05, 4.69) is 9.97 Å². The maximum atomic E-state index is 13.4. The zero-order chi connectivity index (χ0) is 12.4. The van der Waals surface area contributed by atoms with Gasteiger partial charge in [0.25, 0.3) is 0 Å². The van der Waals surface area contributed by atoms with Gasteiger partial charge in [0, 0.05) is 6.20 Å². The number of ketones is 1. The van der Waals surface area contributed by atoms with Crippen LogP contribution in [0, 0.1) is 18.6 Å². The molecule has 0 amide bonds. The summed E-state index contributed by atoms with van der Waals surface area (Å²) in [6, 6.07) is 4.81. The standard InChI is InChI=1S/C12H8F2N2O/c1-7-15-6-5-10(16-7)12(17)8-3-2-4-9(13)11(8)14/h2-6H,1H3. The minimum Gasteiger partial charge on any atom is -0.287 e. The summed E-state index contributed by atoms with van der Waals surface area (Å²) in [6.07, 6.45) is 1.40. The van der Waals surface area contributed by atoms with Crippen molar-refractivity contribution in [1.29, 1.82) is 0 Å². The first-order valence-electron chi connectivity index (χ1n) is 4.88. The predicted molar refractivity (Wildman–Crippen MR) is 56.6 cm³/mol. The van der Waals surface area contributed by atoms with Crippen LogP contribution in [-0.2, 0) is 0 Å². The van der Waals surface area contributed by atoms with E-state index in [9.17, 15) is 13.6 Å². The fourth-order valence-corrected chi connectivity index (χ4v) is 1.40. The second-order valence-electron chi connectivity index (χ2n) is 3.42. The highest BCUT2D eigenvalue weighted by atomic mass is 19.2. The van der Waals surface area contributed by atoms with Crippen molar-refractivity contribution >= 4 is 5.78 Å². The lowest BCUT2D eigenvalue weighted by atomic mass is 10.1. The average Bonchev–Trinajstić information content (AvgIpc) is 2.32. The van der Waals surface area contributed by atoms with Crippen molar-refractivity contribution in [2.45, 2.75) is 6.92 Å². The summed E-state index contributed by atoms with van der Waals surface area (Å²) >= 11 is 0. The number of benzene rings is 1. The number of carbonyl (C=O) groups excluding carboxylic acids is 1. The predicted octanol–water partition coefficient (Wildman–Crippen LogP) is 2.29. The quantitative estimate of drug-likeness (QED) is 0.749. The summed E-state index contributed by atoms with van der Waals surface area (Å²) in [7, 11) is 0. The zero-order valence-corrected chi connectivity index (χ0v) is 8.95. The molecule has 0 aliphatic carbocycles. The third kappa shape index (κ3) is 2.18. The van der Waals surface area contributed by atoms with Crippen molar-refractivity contribution in [3.63, 3.8) is 0 Å². The summed E-state index contributed by atoms with van der Waals surface area (Å²) in [5, 5.41) is 0. The number of nitrogens with zero attached hydrogens (tertiary/aromatic N) is 2. The van der Waals surface area contributed by atoms with Gasteiger partial charge in [-0.2, -0.15) is 0 Å². The molecule has 3 nitrogen and oxygen atoms in total. The highest BCUT2D eigenvalue weighted by Crippen LogP contribution is 2.14. The third-order valence-corrected chi connectivity index (χ3v) is 2.20. The first-order chi connectivity index (χ1) is 8.09. The van der Waals surface area contributed by atoms with E-state index in [-0.39, 0.29) is 11.3 Å². The van der Waals surface area contributed by atoms with Gasteiger partial charge in [0.05, 0.1) is 5.56 Å². The van der Waals surface area contributed by atoms with Crippen LogP contribution in [0.4, 0.5) is 8.78 Å². The van der Waals surface area contributed by atoms with E-state index >= 15 is 0 Å². The number of aryl methyl sites for hydroxylation is 1. The first-order valence-corrected chi connectivity index (χ1v) is 4.88. The summed E-state index contributed by atoms with van der Waals surface area (Å²) in [6.45, 7) is 1.61. The molecule has 5 heteroatoms. The summed E-state index contributed by atoms with van der Waals surface area (Å²) in [4.78, 5) is 19.6. The molecule has 86 valence electrons. The summed E-state index contributed by atoms with van der Waals surface area (Å²) < 4.78 is 26.4. The van der Waals surface area contributed by atoms with Gasteiger partial charge in [-0.05, 0) is 25.1 Å². The molecule has 0 aliphatic rings.